The summed E-state index contributed by atoms with van der Waals surface area (Å²) in [5.41, 5.74) is 0. The van der Waals surface area contributed by atoms with Gasteiger partial charge in [-0.1, -0.05) is 6.92 Å². The predicted molar refractivity (Wildman–Crippen MR) is 65.2 cm³/mol. The van der Waals surface area contributed by atoms with Crippen LogP contribution in [-0.2, 0) is 14.3 Å². The van der Waals surface area contributed by atoms with E-state index in [-0.39, 0.29) is 24.0 Å². The number of alkyl halides is 1. The van der Waals surface area contributed by atoms with Crippen LogP contribution in [0, 0.1) is 5.92 Å². The Hall–Kier alpha value is -0.320. The van der Waals surface area contributed by atoms with Gasteiger partial charge in [-0.15, -0.1) is 11.6 Å². The van der Waals surface area contributed by atoms with Crippen LogP contribution in [0.25, 0.3) is 0 Å². The molecule has 2 fully saturated rings. The third kappa shape index (κ3) is 2.75. The number of carbonyl (C=O) groups excluding carboxylic acids is 1. The van der Waals surface area contributed by atoms with Crippen molar-refractivity contribution in [2.75, 3.05) is 32.2 Å². The van der Waals surface area contributed by atoms with Crippen molar-refractivity contribution in [3.63, 3.8) is 0 Å². The van der Waals surface area contributed by atoms with E-state index in [9.17, 15) is 4.79 Å². The second-order valence-electron chi connectivity index (χ2n) is 4.63. The first kappa shape index (κ1) is 13.1. The third-order valence-electron chi connectivity index (χ3n) is 3.62. The molecular weight excluding hydrogens is 242 g/mol. The van der Waals surface area contributed by atoms with Gasteiger partial charge in [0.2, 0.25) is 5.91 Å². The quantitative estimate of drug-likeness (QED) is 0.718. The lowest BCUT2D eigenvalue weighted by molar-refractivity contribution is -0.145. The number of morpholine rings is 1. The van der Waals surface area contributed by atoms with Crippen molar-refractivity contribution < 1.29 is 14.3 Å². The highest BCUT2D eigenvalue weighted by molar-refractivity contribution is 6.18. The molecule has 2 heterocycles. The second kappa shape index (κ2) is 6.03. The zero-order valence-corrected chi connectivity index (χ0v) is 11.0. The first-order chi connectivity index (χ1) is 8.27. The Morgan fingerprint density at radius 3 is 3.00 bits per heavy atom. The number of hydrogen-bond acceptors (Lipinski definition) is 3. The van der Waals surface area contributed by atoms with Crippen LogP contribution in [0.3, 0.4) is 0 Å². The number of carbonyl (C=O) groups is 1. The first-order valence-corrected chi connectivity index (χ1v) is 6.87. The van der Waals surface area contributed by atoms with Gasteiger partial charge in [-0.25, -0.2) is 0 Å². The average Bonchev–Trinajstić information content (AvgIpc) is 2.86. The second-order valence-corrected chi connectivity index (χ2v) is 4.94. The van der Waals surface area contributed by atoms with Crippen molar-refractivity contribution in [2.45, 2.75) is 31.9 Å². The topological polar surface area (TPSA) is 38.8 Å². The lowest BCUT2D eigenvalue weighted by Gasteiger charge is -2.36. The van der Waals surface area contributed by atoms with Crippen LogP contribution in [0.1, 0.15) is 19.8 Å². The van der Waals surface area contributed by atoms with Gasteiger partial charge in [0.05, 0.1) is 31.3 Å². The fourth-order valence-corrected chi connectivity index (χ4v) is 2.87. The summed E-state index contributed by atoms with van der Waals surface area (Å²) < 4.78 is 10.9. The summed E-state index contributed by atoms with van der Waals surface area (Å²) in [4.78, 5) is 14.4. The number of hydrogen-bond donors (Lipinski definition) is 0. The molecule has 3 atom stereocenters. The molecule has 0 spiro atoms. The number of halogens is 1. The Morgan fingerprint density at radius 2 is 2.29 bits per heavy atom. The van der Waals surface area contributed by atoms with Crippen LogP contribution in [0.2, 0.25) is 0 Å². The average molecular weight is 262 g/mol. The highest BCUT2D eigenvalue weighted by Gasteiger charge is 2.38. The highest BCUT2D eigenvalue weighted by atomic mass is 35.5. The van der Waals surface area contributed by atoms with Crippen LogP contribution >= 0.6 is 11.6 Å². The Morgan fingerprint density at radius 1 is 1.47 bits per heavy atom. The molecule has 5 heteroatoms. The van der Waals surface area contributed by atoms with Gasteiger partial charge < -0.3 is 14.4 Å². The maximum absolute atomic E-state index is 12.5. The lowest BCUT2D eigenvalue weighted by atomic mass is 9.97. The molecule has 0 aromatic heterocycles. The fraction of sp³-hybridized carbons (Fsp3) is 0.917. The van der Waals surface area contributed by atoms with Gasteiger partial charge in [-0.2, -0.15) is 0 Å². The summed E-state index contributed by atoms with van der Waals surface area (Å²) in [6.45, 7) is 4.59. The Labute approximate surface area is 107 Å². The first-order valence-electron chi connectivity index (χ1n) is 6.33. The summed E-state index contributed by atoms with van der Waals surface area (Å²) in [6, 6.07) is 0.0241. The minimum absolute atomic E-state index is 0.0174. The van der Waals surface area contributed by atoms with E-state index < -0.39 is 0 Å². The molecule has 17 heavy (non-hydrogen) atoms. The third-order valence-corrected chi connectivity index (χ3v) is 3.97. The maximum atomic E-state index is 12.5. The number of ether oxygens (including phenoxy) is 2. The monoisotopic (exact) mass is 261 g/mol. The number of nitrogens with zero attached hydrogens (tertiary/aromatic N) is 1. The molecule has 0 radical (unpaired) electrons. The molecule has 4 nitrogen and oxygen atoms in total. The molecule has 0 bridgehead atoms. The van der Waals surface area contributed by atoms with E-state index in [2.05, 4.69) is 6.92 Å². The van der Waals surface area contributed by atoms with E-state index in [0.717, 1.165) is 12.8 Å². The molecule has 2 aliphatic rings. The maximum Gasteiger partial charge on any atom is 0.228 e. The molecule has 3 unspecified atom stereocenters. The normalized spacial score (nSPS) is 34.0. The van der Waals surface area contributed by atoms with Gasteiger partial charge in [-0.3, -0.25) is 4.79 Å². The van der Waals surface area contributed by atoms with Crippen molar-refractivity contribution in [1.29, 1.82) is 0 Å². The molecule has 2 rings (SSSR count). The van der Waals surface area contributed by atoms with E-state index in [1.165, 1.54) is 0 Å². The summed E-state index contributed by atoms with van der Waals surface area (Å²) in [6.07, 6.45) is 1.82. The minimum atomic E-state index is 0.0174. The lowest BCUT2D eigenvalue weighted by Crippen LogP contribution is -2.52. The molecule has 1 amide bonds. The number of amides is 1. The van der Waals surface area contributed by atoms with Gasteiger partial charge in [0, 0.05) is 19.0 Å². The van der Waals surface area contributed by atoms with Gasteiger partial charge >= 0.3 is 0 Å². The van der Waals surface area contributed by atoms with Crippen LogP contribution in [0.5, 0.6) is 0 Å². The predicted octanol–water partition coefficient (Wildman–Crippen LogP) is 1.27. The largest absolute Gasteiger partial charge is 0.377 e. The van der Waals surface area contributed by atoms with E-state index in [1.807, 2.05) is 4.90 Å². The standard InChI is InChI=1S/C12H20ClNO3/c1-2-11-10(3-5-17-11)12(15)14-4-6-16-8-9(14)7-13/h9-11H,2-8H2,1H3. The minimum Gasteiger partial charge on any atom is -0.377 e. The molecule has 2 aliphatic heterocycles. The van der Waals surface area contributed by atoms with Crippen LogP contribution in [-0.4, -0.2) is 55.2 Å². The summed E-state index contributed by atoms with van der Waals surface area (Å²) in [7, 11) is 0. The van der Waals surface area contributed by atoms with Crippen LogP contribution in [0.4, 0.5) is 0 Å². The van der Waals surface area contributed by atoms with Crippen molar-refractivity contribution in [1.82, 2.24) is 4.90 Å². The zero-order valence-electron chi connectivity index (χ0n) is 10.2. The van der Waals surface area contributed by atoms with E-state index >= 15 is 0 Å². The Kier molecular flexibility index (Phi) is 4.65. The SMILES string of the molecule is CCC1OCCC1C(=O)N1CCOCC1CCl. The molecule has 98 valence electrons. The van der Waals surface area contributed by atoms with Crippen molar-refractivity contribution in [2.24, 2.45) is 5.92 Å². The Balaban J connectivity index is 2.02. The number of rotatable bonds is 3. The van der Waals surface area contributed by atoms with Crippen LogP contribution < -0.4 is 0 Å². The van der Waals surface area contributed by atoms with E-state index in [4.69, 9.17) is 21.1 Å². The van der Waals surface area contributed by atoms with E-state index in [1.54, 1.807) is 0 Å². The van der Waals surface area contributed by atoms with E-state index in [0.29, 0.717) is 32.2 Å². The van der Waals surface area contributed by atoms with Crippen molar-refractivity contribution in [3.05, 3.63) is 0 Å². The fourth-order valence-electron chi connectivity index (χ4n) is 2.62. The van der Waals surface area contributed by atoms with Gasteiger partial charge in [-0.05, 0) is 12.8 Å². The summed E-state index contributed by atoms with van der Waals surface area (Å²) >= 11 is 5.89. The van der Waals surface area contributed by atoms with Gasteiger partial charge in [0.15, 0.2) is 0 Å². The summed E-state index contributed by atoms with van der Waals surface area (Å²) in [5.74, 6) is 0.656. The smallest absolute Gasteiger partial charge is 0.228 e. The molecule has 0 aliphatic carbocycles. The van der Waals surface area contributed by atoms with Gasteiger partial charge in [0.25, 0.3) is 0 Å². The summed E-state index contributed by atoms with van der Waals surface area (Å²) in [5, 5.41) is 0. The zero-order chi connectivity index (χ0) is 12.3. The molecule has 0 aromatic rings. The van der Waals surface area contributed by atoms with Crippen molar-refractivity contribution in [3.8, 4) is 0 Å². The van der Waals surface area contributed by atoms with Gasteiger partial charge in [0.1, 0.15) is 0 Å². The van der Waals surface area contributed by atoms with Crippen LogP contribution in [0.15, 0.2) is 0 Å². The molecule has 0 saturated carbocycles. The van der Waals surface area contributed by atoms with Crippen molar-refractivity contribution >= 4 is 17.5 Å². The molecule has 0 aromatic carbocycles. The molecule has 0 N–H and O–H groups in total. The molecule has 2 saturated heterocycles. The Bertz CT molecular complexity index is 274. The highest BCUT2D eigenvalue weighted by Crippen LogP contribution is 2.26. The molecular formula is C12H20ClNO3.